The van der Waals surface area contributed by atoms with Crippen LogP contribution in [-0.2, 0) is 9.53 Å². The molecule has 0 aromatic heterocycles. The van der Waals surface area contributed by atoms with Crippen LogP contribution in [0.1, 0.15) is 17.2 Å². The number of hydrazone groups is 1. The van der Waals surface area contributed by atoms with E-state index in [4.69, 9.17) is 25.8 Å². The molecule has 0 aliphatic heterocycles. The molecule has 0 aliphatic carbocycles. The topological polar surface area (TPSA) is 69.2 Å². The van der Waals surface area contributed by atoms with E-state index >= 15 is 0 Å². The summed E-state index contributed by atoms with van der Waals surface area (Å²) in [7, 11) is 4.57. The van der Waals surface area contributed by atoms with Crippen molar-refractivity contribution in [3.8, 4) is 11.5 Å². The van der Waals surface area contributed by atoms with Crippen LogP contribution in [0.4, 0.5) is 0 Å². The first-order valence-corrected chi connectivity index (χ1v) is 7.80. The fourth-order valence-electron chi connectivity index (χ4n) is 2.19. The standard InChI is InChI=1S/C18H19ClN2O4/c1-23-15-9-4-12(10-16(15)24-2)11-20-21-18(22)17(25-3)13-5-7-14(19)8-6-13/h4-11,17H,1-3H3,(H,21,22)/b20-11+. The molecular formula is C18H19ClN2O4. The average Bonchev–Trinajstić information content (AvgIpc) is 2.63. The second-order valence-electron chi connectivity index (χ2n) is 5.02. The smallest absolute Gasteiger partial charge is 0.273 e. The lowest BCUT2D eigenvalue weighted by atomic mass is 10.1. The minimum atomic E-state index is -0.778. The van der Waals surface area contributed by atoms with Crippen molar-refractivity contribution in [1.82, 2.24) is 5.43 Å². The first kappa shape index (κ1) is 18.8. The molecule has 1 N–H and O–H groups in total. The molecule has 0 saturated carbocycles. The number of halogens is 1. The van der Waals surface area contributed by atoms with Crippen LogP contribution < -0.4 is 14.9 Å². The van der Waals surface area contributed by atoms with Gasteiger partial charge in [-0.1, -0.05) is 23.7 Å². The fraction of sp³-hybridized carbons (Fsp3) is 0.222. The Labute approximate surface area is 151 Å². The van der Waals surface area contributed by atoms with Gasteiger partial charge in [-0.25, -0.2) is 5.43 Å². The summed E-state index contributed by atoms with van der Waals surface area (Å²) in [6.45, 7) is 0. The van der Waals surface area contributed by atoms with Gasteiger partial charge in [-0.15, -0.1) is 0 Å². The maximum Gasteiger partial charge on any atom is 0.273 e. The molecule has 0 saturated heterocycles. The van der Waals surface area contributed by atoms with Crippen molar-refractivity contribution < 1.29 is 19.0 Å². The van der Waals surface area contributed by atoms with Crippen molar-refractivity contribution in [2.24, 2.45) is 5.10 Å². The summed E-state index contributed by atoms with van der Waals surface area (Å²) in [5, 5.41) is 4.55. The SMILES string of the molecule is COc1ccc(/C=N/NC(=O)C(OC)c2ccc(Cl)cc2)cc1OC. The molecule has 2 aromatic rings. The highest BCUT2D eigenvalue weighted by atomic mass is 35.5. The third kappa shape index (κ3) is 4.95. The highest BCUT2D eigenvalue weighted by Crippen LogP contribution is 2.26. The summed E-state index contributed by atoms with van der Waals surface area (Å²) in [6.07, 6.45) is 0.730. The molecule has 0 heterocycles. The molecule has 0 fully saturated rings. The molecule has 1 amide bonds. The Morgan fingerprint density at radius 3 is 2.36 bits per heavy atom. The number of methoxy groups -OCH3 is 3. The van der Waals surface area contributed by atoms with Crippen LogP contribution in [0.15, 0.2) is 47.6 Å². The molecule has 6 nitrogen and oxygen atoms in total. The molecule has 7 heteroatoms. The summed E-state index contributed by atoms with van der Waals surface area (Å²) in [4.78, 5) is 12.2. The minimum absolute atomic E-state index is 0.387. The molecule has 0 bridgehead atoms. The molecule has 0 aliphatic rings. The van der Waals surface area contributed by atoms with Gasteiger partial charge in [0.25, 0.3) is 5.91 Å². The van der Waals surface area contributed by atoms with E-state index in [-0.39, 0.29) is 5.91 Å². The number of carbonyl (C=O) groups is 1. The van der Waals surface area contributed by atoms with Crippen LogP contribution >= 0.6 is 11.6 Å². The van der Waals surface area contributed by atoms with Crippen LogP contribution in [0.3, 0.4) is 0 Å². The largest absolute Gasteiger partial charge is 0.493 e. The van der Waals surface area contributed by atoms with E-state index in [1.54, 1.807) is 56.7 Å². The van der Waals surface area contributed by atoms with Crippen molar-refractivity contribution in [2.45, 2.75) is 6.10 Å². The lowest BCUT2D eigenvalue weighted by Crippen LogP contribution is -2.26. The lowest BCUT2D eigenvalue weighted by molar-refractivity contribution is -0.131. The van der Waals surface area contributed by atoms with Crippen LogP contribution in [0, 0.1) is 0 Å². The van der Waals surface area contributed by atoms with Crippen LogP contribution in [0.5, 0.6) is 11.5 Å². The predicted octanol–water partition coefficient (Wildman–Crippen LogP) is 3.20. The summed E-state index contributed by atoms with van der Waals surface area (Å²) < 4.78 is 15.6. The lowest BCUT2D eigenvalue weighted by Gasteiger charge is -2.13. The van der Waals surface area contributed by atoms with E-state index in [0.29, 0.717) is 22.1 Å². The number of rotatable bonds is 7. The van der Waals surface area contributed by atoms with E-state index in [1.807, 2.05) is 0 Å². The predicted molar refractivity (Wildman–Crippen MR) is 96.5 cm³/mol. The number of ether oxygens (including phenoxy) is 3. The Balaban J connectivity index is 2.05. The maximum atomic E-state index is 12.2. The monoisotopic (exact) mass is 362 g/mol. The summed E-state index contributed by atoms with van der Waals surface area (Å²) in [5.74, 6) is 0.807. The molecular weight excluding hydrogens is 344 g/mol. The zero-order valence-electron chi connectivity index (χ0n) is 14.2. The number of amides is 1. The number of hydrogen-bond acceptors (Lipinski definition) is 5. The molecule has 132 valence electrons. The summed E-state index contributed by atoms with van der Waals surface area (Å²) >= 11 is 5.85. The van der Waals surface area contributed by atoms with Crippen LogP contribution in [0.2, 0.25) is 5.02 Å². The normalized spacial score (nSPS) is 12.0. The van der Waals surface area contributed by atoms with Gasteiger partial charge in [0.05, 0.1) is 20.4 Å². The van der Waals surface area contributed by atoms with E-state index in [1.165, 1.54) is 13.3 Å². The van der Waals surface area contributed by atoms with Gasteiger partial charge in [0, 0.05) is 12.1 Å². The minimum Gasteiger partial charge on any atom is -0.493 e. The summed E-state index contributed by atoms with van der Waals surface area (Å²) in [5.41, 5.74) is 3.90. The first-order chi connectivity index (χ1) is 12.1. The van der Waals surface area contributed by atoms with Crippen molar-refractivity contribution in [2.75, 3.05) is 21.3 Å². The van der Waals surface area contributed by atoms with Gasteiger partial charge < -0.3 is 14.2 Å². The third-order valence-corrected chi connectivity index (χ3v) is 3.69. The van der Waals surface area contributed by atoms with Crippen molar-refractivity contribution in [1.29, 1.82) is 0 Å². The zero-order chi connectivity index (χ0) is 18.2. The molecule has 1 atom stereocenters. The van der Waals surface area contributed by atoms with E-state index in [9.17, 15) is 4.79 Å². The zero-order valence-corrected chi connectivity index (χ0v) is 14.9. The highest BCUT2D eigenvalue weighted by Gasteiger charge is 2.19. The second-order valence-corrected chi connectivity index (χ2v) is 5.45. The Morgan fingerprint density at radius 2 is 1.76 bits per heavy atom. The molecule has 0 spiro atoms. The van der Waals surface area contributed by atoms with Gasteiger partial charge in [0.1, 0.15) is 0 Å². The number of carbonyl (C=O) groups excluding carboxylic acids is 1. The van der Waals surface area contributed by atoms with Gasteiger partial charge >= 0.3 is 0 Å². The average molecular weight is 363 g/mol. The molecule has 2 rings (SSSR count). The number of hydrogen-bond donors (Lipinski definition) is 1. The van der Waals surface area contributed by atoms with Crippen molar-refractivity contribution >= 4 is 23.7 Å². The molecule has 2 aromatic carbocycles. The number of benzene rings is 2. The van der Waals surface area contributed by atoms with E-state index in [2.05, 4.69) is 10.5 Å². The fourth-order valence-corrected chi connectivity index (χ4v) is 2.32. The third-order valence-electron chi connectivity index (χ3n) is 3.44. The van der Waals surface area contributed by atoms with Gasteiger partial charge in [-0.3, -0.25) is 4.79 Å². The summed E-state index contributed by atoms with van der Waals surface area (Å²) in [6, 6.07) is 12.2. The second kappa shape index (κ2) is 9.05. The Hall–Kier alpha value is -2.57. The van der Waals surface area contributed by atoms with Gasteiger partial charge in [-0.2, -0.15) is 5.10 Å². The maximum absolute atomic E-state index is 12.2. The van der Waals surface area contributed by atoms with Gasteiger partial charge in [0.2, 0.25) is 0 Å². The van der Waals surface area contributed by atoms with E-state index < -0.39 is 6.10 Å². The Morgan fingerprint density at radius 1 is 1.08 bits per heavy atom. The van der Waals surface area contributed by atoms with E-state index in [0.717, 1.165) is 5.56 Å². The van der Waals surface area contributed by atoms with Gasteiger partial charge in [0.15, 0.2) is 17.6 Å². The van der Waals surface area contributed by atoms with Gasteiger partial charge in [-0.05, 0) is 41.5 Å². The Kier molecular flexibility index (Phi) is 6.80. The highest BCUT2D eigenvalue weighted by molar-refractivity contribution is 6.30. The molecule has 1 unspecified atom stereocenters. The van der Waals surface area contributed by atoms with Crippen molar-refractivity contribution in [3.05, 3.63) is 58.6 Å². The molecule has 25 heavy (non-hydrogen) atoms. The quantitative estimate of drug-likeness (QED) is 0.606. The number of nitrogens with zero attached hydrogens (tertiary/aromatic N) is 1. The van der Waals surface area contributed by atoms with Crippen molar-refractivity contribution in [3.63, 3.8) is 0 Å². The molecule has 0 radical (unpaired) electrons. The van der Waals surface area contributed by atoms with Crippen LogP contribution in [0.25, 0.3) is 0 Å². The van der Waals surface area contributed by atoms with Crippen LogP contribution in [-0.4, -0.2) is 33.5 Å². The first-order valence-electron chi connectivity index (χ1n) is 7.42. The Bertz CT molecular complexity index is 747. The number of nitrogens with one attached hydrogen (secondary N) is 1.